The van der Waals surface area contributed by atoms with Gasteiger partial charge in [-0.05, 0) is 18.9 Å². The van der Waals surface area contributed by atoms with E-state index in [1.165, 1.54) is 0 Å². The number of hydrogen-bond donors (Lipinski definition) is 1. The Hall–Kier alpha value is -2.17. The van der Waals surface area contributed by atoms with Crippen LogP contribution >= 0.6 is 0 Å². The Morgan fingerprint density at radius 1 is 1.42 bits per heavy atom. The standard InChI is InChI=1S/C14H15N3O2/c18-14(19)8-10-4-3-7-17(10)13-9-15-16-12-6-2-1-5-11(12)13/h1-2,5-6,9-10H,3-4,7-8H2,(H,18,19). The maximum absolute atomic E-state index is 10.9. The molecule has 2 heterocycles. The summed E-state index contributed by atoms with van der Waals surface area (Å²) in [6.07, 6.45) is 3.86. The van der Waals surface area contributed by atoms with Gasteiger partial charge in [0.05, 0.1) is 23.8 Å². The molecule has 1 unspecified atom stereocenters. The van der Waals surface area contributed by atoms with Crippen molar-refractivity contribution in [1.29, 1.82) is 0 Å². The van der Waals surface area contributed by atoms with Gasteiger partial charge in [0.2, 0.25) is 0 Å². The van der Waals surface area contributed by atoms with E-state index in [0.717, 1.165) is 36.0 Å². The summed E-state index contributed by atoms with van der Waals surface area (Å²) in [5.74, 6) is -0.747. The molecule has 0 bridgehead atoms. The number of carboxylic acids is 1. The topological polar surface area (TPSA) is 66.3 Å². The number of nitrogens with zero attached hydrogens (tertiary/aromatic N) is 3. The monoisotopic (exact) mass is 257 g/mol. The molecule has 1 aliphatic heterocycles. The van der Waals surface area contributed by atoms with E-state index in [9.17, 15) is 4.79 Å². The summed E-state index contributed by atoms with van der Waals surface area (Å²) in [4.78, 5) is 13.1. The van der Waals surface area contributed by atoms with Crippen LogP contribution in [-0.2, 0) is 4.79 Å². The minimum atomic E-state index is -0.747. The van der Waals surface area contributed by atoms with Crippen LogP contribution in [-0.4, -0.2) is 33.9 Å². The Morgan fingerprint density at radius 2 is 2.26 bits per heavy atom. The summed E-state index contributed by atoms with van der Waals surface area (Å²) < 4.78 is 0. The Bertz CT molecular complexity index is 609. The highest BCUT2D eigenvalue weighted by molar-refractivity contribution is 5.91. The molecule has 1 aromatic carbocycles. The number of rotatable bonds is 3. The summed E-state index contributed by atoms with van der Waals surface area (Å²) in [6, 6.07) is 7.89. The number of carbonyl (C=O) groups is 1. The maximum atomic E-state index is 10.9. The Balaban J connectivity index is 2.01. The van der Waals surface area contributed by atoms with Crippen molar-refractivity contribution in [3.8, 4) is 0 Å². The van der Waals surface area contributed by atoms with Gasteiger partial charge in [-0.25, -0.2) is 0 Å². The maximum Gasteiger partial charge on any atom is 0.305 e. The quantitative estimate of drug-likeness (QED) is 0.911. The molecule has 0 radical (unpaired) electrons. The minimum absolute atomic E-state index is 0.0603. The third-order valence-electron chi connectivity index (χ3n) is 3.62. The number of fused-ring (bicyclic) bond motifs is 1. The van der Waals surface area contributed by atoms with Crippen LogP contribution in [0.3, 0.4) is 0 Å². The van der Waals surface area contributed by atoms with Gasteiger partial charge in [0, 0.05) is 18.0 Å². The van der Waals surface area contributed by atoms with Crippen LogP contribution in [0, 0.1) is 0 Å². The zero-order valence-corrected chi connectivity index (χ0v) is 10.5. The lowest BCUT2D eigenvalue weighted by atomic mass is 10.1. The molecule has 0 saturated carbocycles. The van der Waals surface area contributed by atoms with E-state index in [4.69, 9.17) is 5.11 Å². The molecule has 1 aliphatic rings. The molecule has 2 aromatic rings. The van der Waals surface area contributed by atoms with Gasteiger partial charge in [0.25, 0.3) is 0 Å². The van der Waals surface area contributed by atoms with Crippen molar-refractivity contribution in [3.05, 3.63) is 30.5 Å². The van der Waals surface area contributed by atoms with E-state index < -0.39 is 5.97 Å². The lowest BCUT2D eigenvalue weighted by molar-refractivity contribution is -0.137. The second kappa shape index (κ2) is 4.84. The summed E-state index contributed by atoms with van der Waals surface area (Å²) in [5.41, 5.74) is 1.84. The molecular formula is C14H15N3O2. The SMILES string of the molecule is O=C(O)CC1CCCN1c1cnnc2ccccc12. The van der Waals surface area contributed by atoms with E-state index in [1.807, 2.05) is 24.3 Å². The Labute approximate surface area is 110 Å². The molecule has 0 amide bonds. The molecule has 0 aliphatic carbocycles. The van der Waals surface area contributed by atoms with Crippen LogP contribution in [0.4, 0.5) is 5.69 Å². The number of anilines is 1. The number of benzene rings is 1. The van der Waals surface area contributed by atoms with Gasteiger partial charge in [-0.15, -0.1) is 0 Å². The first-order chi connectivity index (χ1) is 9.25. The molecular weight excluding hydrogens is 242 g/mol. The lowest BCUT2D eigenvalue weighted by Gasteiger charge is -2.26. The second-order valence-corrected chi connectivity index (χ2v) is 4.83. The molecule has 0 spiro atoms. The molecule has 1 atom stereocenters. The van der Waals surface area contributed by atoms with Crippen molar-refractivity contribution in [2.45, 2.75) is 25.3 Å². The minimum Gasteiger partial charge on any atom is -0.481 e. The molecule has 19 heavy (non-hydrogen) atoms. The zero-order chi connectivity index (χ0) is 13.2. The molecule has 1 saturated heterocycles. The van der Waals surface area contributed by atoms with Crippen molar-refractivity contribution in [2.75, 3.05) is 11.4 Å². The number of aliphatic carboxylic acids is 1. The van der Waals surface area contributed by atoms with Crippen LogP contribution in [0.5, 0.6) is 0 Å². The van der Waals surface area contributed by atoms with Crippen molar-refractivity contribution in [2.24, 2.45) is 0 Å². The van der Waals surface area contributed by atoms with Gasteiger partial charge in [0.1, 0.15) is 0 Å². The highest BCUT2D eigenvalue weighted by Crippen LogP contribution is 2.31. The molecule has 1 aromatic heterocycles. The van der Waals surface area contributed by atoms with Gasteiger partial charge in [-0.1, -0.05) is 18.2 Å². The summed E-state index contributed by atoms with van der Waals surface area (Å²) in [7, 11) is 0. The first-order valence-electron chi connectivity index (χ1n) is 6.44. The Kier molecular flexibility index (Phi) is 3.03. The van der Waals surface area contributed by atoms with Crippen LogP contribution in [0.15, 0.2) is 30.5 Å². The molecule has 5 nitrogen and oxygen atoms in total. The largest absolute Gasteiger partial charge is 0.481 e. The third kappa shape index (κ3) is 2.23. The molecule has 3 rings (SSSR count). The van der Waals surface area contributed by atoms with E-state index in [2.05, 4.69) is 15.1 Å². The van der Waals surface area contributed by atoms with Crippen LogP contribution in [0.2, 0.25) is 0 Å². The highest BCUT2D eigenvalue weighted by Gasteiger charge is 2.28. The summed E-state index contributed by atoms with van der Waals surface area (Å²) in [6.45, 7) is 0.883. The van der Waals surface area contributed by atoms with E-state index in [1.54, 1.807) is 6.20 Å². The fraction of sp³-hybridized carbons (Fsp3) is 0.357. The van der Waals surface area contributed by atoms with Crippen LogP contribution in [0.1, 0.15) is 19.3 Å². The average molecular weight is 257 g/mol. The smallest absolute Gasteiger partial charge is 0.305 e. The van der Waals surface area contributed by atoms with Crippen molar-refractivity contribution < 1.29 is 9.90 Å². The predicted molar refractivity (Wildman–Crippen MR) is 72.2 cm³/mol. The first-order valence-corrected chi connectivity index (χ1v) is 6.44. The number of aromatic nitrogens is 2. The van der Waals surface area contributed by atoms with E-state index >= 15 is 0 Å². The third-order valence-corrected chi connectivity index (χ3v) is 3.62. The molecule has 1 N–H and O–H groups in total. The van der Waals surface area contributed by atoms with Crippen LogP contribution in [0.25, 0.3) is 10.9 Å². The molecule has 1 fully saturated rings. The second-order valence-electron chi connectivity index (χ2n) is 4.83. The van der Waals surface area contributed by atoms with Crippen molar-refractivity contribution >= 4 is 22.6 Å². The molecule has 98 valence electrons. The summed E-state index contributed by atoms with van der Waals surface area (Å²) >= 11 is 0. The first kappa shape index (κ1) is 11.9. The van der Waals surface area contributed by atoms with Gasteiger partial charge < -0.3 is 10.0 Å². The van der Waals surface area contributed by atoms with E-state index in [0.29, 0.717) is 0 Å². The lowest BCUT2D eigenvalue weighted by Crippen LogP contribution is -2.31. The zero-order valence-electron chi connectivity index (χ0n) is 10.5. The van der Waals surface area contributed by atoms with Gasteiger partial charge >= 0.3 is 5.97 Å². The predicted octanol–water partition coefficient (Wildman–Crippen LogP) is 2.07. The normalized spacial score (nSPS) is 18.9. The van der Waals surface area contributed by atoms with Gasteiger partial charge in [0.15, 0.2) is 0 Å². The van der Waals surface area contributed by atoms with Gasteiger partial charge in [-0.2, -0.15) is 10.2 Å². The fourth-order valence-corrected chi connectivity index (χ4v) is 2.79. The van der Waals surface area contributed by atoms with E-state index in [-0.39, 0.29) is 12.5 Å². The highest BCUT2D eigenvalue weighted by atomic mass is 16.4. The van der Waals surface area contributed by atoms with Crippen molar-refractivity contribution in [1.82, 2.24) is 10.2 Å². The van der Waals surface area contributed by atoms with Gasteiger partial charge in [-0.3, -0.25) is 4.79 Å². The molecule has 5 heteroatoms. The average Bonchev–Trinajstić information content (AvgIpc) is 2.85. The number of carboxylic acid groups (broad SMARTS) is 1. The van der Waals surface area contributed by atoms with Crippen LogP contribution < -0.4 is 4.90 Å². The van der Waals surface area contributed by atoms with Crippen molar-refractivity contribution in [3.63, 3.8) is 0 Å². The summed E-state index contributed by atoms with van der Waals surface area (Å²) in [5, 5.41) is 18.2. The Morgan fingerprint density at radius 3 is 3.11 bits per heavy atom. The number of hydrogen-bond acceptors (Lipinski definition) is 4. The fourth-order valence-electron chi connectivity index (χ4n) is 2.79.